The minimum Gasteiger partial charge on any atom is -0.394 e. The maximum atomic E-state index is 9.65. The lowest BCUT2D eigenvalue weighted by atomic mass is 9.77. The molecule has 0 aliphatic heterocycles. The standard InChI is InChI=1S/C15H24N2O/c1-13-2-7-15(12-18,8-3-13)17-11-6-14-4-9-16-10-5-14/h4-5,9-10,13,17-18H,2-3,6-8,11-12H2,1H3. The van der Waals surface area contributed by atoms with Crippen LogP contribution in [0.3, 0.4) is 0 Å². The Hall–Kier alpha value is -0.930. The molecule has 3 nitrogen and oxygen atoms in total. The smallest absolute Gasteiger partial charge is 0.0613 e. The molecule has 2 rings (SSSR count). The van der Waals surface area contributed by atoms with Crippen molar-refractivity contribution in [1.82, 2.24) is 10.3 Å². The topological polar surface area (TPSA) is 45.1 Å². The fourth-order valence-electron chi connectivity index (χ4n) is 2.73. The SMILES string of the molecule is CC1CCC(CO)(NCCc2ccncc2)CC1. The van der Waals surface area contributed by atoms with E-state index >= 15 is 0 Å². The third-order valence-electron chi connectivity index (χ3n) is 4.20. The monoisotopic (exact) mass is 248 g/mol. The molecule has 0 spiro atoms. The van der Waals surface area contributed by atoms with Crippen LogP contribution in [0.4, 0.5) is 0 Å². The Kier molecular flexibility index (Phi) is 4.72. The normalized spacial score (nSPS) is 28.2. The summed E-state index contributed by atoms with van der Waals surface area (Å²) >= 11 is 0. The van der Waals surface area contributed by atoms with Crippen molar-refractivity contribution in [2.45, 2.75) is 44.6 Å². The van der Waals surface area contributed by atoms with Crippen molar-refractivity contribution >= 4 is 0 Å². The number of rotatable bonds is 5. The first-order valence-electron chi connectivity index (χ1n) is 6.99. The van der Waals surface area contributed by atoms with Crippen molar-refractivity contribution in [3.63, 3.8) is 0 Å². The summed E-state index contributed by atoms with van der Waals surface area (Å²) in [6, 6.07) is 4.10. The predicted molar refractivity (Wildman–Crippen MR) is 73.4 cm³/mol. The molecule has 0 unspecified atom stereocenters. The van der Waals surface area contributed by atoms with Gasteiger partial charge in [-0.05, 0) is 62.3 Å². The van der Waals surface area contributed by atoms with E-state index in [0.29, 0.717) is 0 Å². The zero-order chi connectivity index (χ0) is 12.8. The third-order valence-corrected chi connectivity index (χ3v) is 4.20. The van der Waals surface area contributed by atoms with Gasteiger partial charge in [-0.1, -0.05) is 6.92 Å². The fraction of sp³-hybridized carbons (Fsp3) is 0.667. The highest BCUT2D eigenvalue weighted by Crippen LogP contribution is 2.31. The molecule has 18 heavy (non-hydrogen) atoms. The molecule has 1 saturated carbocycles. The number of pyridine rings is 1. The Balaban J connectivity index is 1.81. The molecular formula is C15H24N2O. The van der Waals surface area contributed by atoms with Gasteiger partial charge in [-0.2, -0.15) is 0 Å². The van der Waals surface area contributed by atoms with E-state index in [9.17, 15) is 5.11 Å². The van der Waals surface area contributed by atoms with Crippen LogP contribution in [0, 0.1) is 5.92 Å². The van der Waals surface area contributed by atoms with E-state index in [2.05, 4.69) is 29.4 Å². The first-order valence-corrected chi connectivity index (χ1v) is 6.99. The van der Waals surface area contributed by atoms with E-state index in [0.717, 1.165) is 31.7 Å². The minimum atomic E-state index is -0.0282. The van der Waals surface area contributed by atoms with Gasteiger partial charge in [0.2, 0.25) is 0 Å². The molecule has 0 radical (unpaired) electrons. The Morgan fingerprint density at radius 2 is 2.00 bits per heavy atom. The molecule has 0 bridgehead atoms. The van der Waals surface area contributed by atoms with Gasteiger partial charge in [0.15, 0.2) is 0 Å². The van der Waals surface area contributed by atoms with Crippen LogP contribution in [0.5, 0.6) is 0 Å². The summed E-state index contributed by atoms with van der Waals surface area (Å²) < 4.78 is 0. The average Bonchev–Trinajstić information content (AvgIpc) is 2.43. The number of aliphatic hydroxyl groups is 1. The quantitative estimate of drug-likeness (QED) is 0.839. The number of aromatic nitrogens is 1. The van der Waals surface area contributed by atoms with E-state index < -0.39 is 0 Å². The van der Waals surface area contributed by atoms with Gasteiger partial charge in [0.05, 0.1) is 6.61 Å². The molecule has 1 aliphatic carbocycles. The van der Waals surface area contributed by atoms with Gasteiger partial charge in [-0.3, -0.25) is 4.98 Å². The molecule has 1 fully saturated rings. The molecule has 3 heteroatoms. The zero-order valence-electron chi connectivity index (χ0n) is 11.2. The summed E-state index contributed by atoms with van der Waals surface area (Å²) in [7, 11) is 0. The summed E-state index contributed by atoms with van der Waals surface area (Å²) in [5.74, 6) is 0.812. The Labute approximate surface area is 110 Å². The third kappa shape index (κ3) is 3.53. The van der Waals surface area contributed by atoms with Gasteiger partial charge in [0.25, 0.3) is 0 Å². The second kappa shape index (κ2) is 6.30. The van der Waals surface area contributed by atoms with Crippen LogP contribution >= 0.6 is 0 Å². The van der Waals surface area contributed by atoms with E-state index in [1.165, 1.54) is 18.4 Å². The largest absolute Gasteiger partial charge is 0.394 e. The first-order chi connectivity index (χ1) is 8.74. The Morgan fingerprint density at radius 3 is 2.61 bits per heavy atom. The second-order valence-electron chi connectivity index (χ2n) is 5.65. The van der Waals surface area contributed by atoms with Gasteiger partial charge in [-0.15, -0.1) is 0 Å². The number of hydrogen-bond acceptors (Lipinski definition) is 3. The molecule has 1 aromatic heterocycles. The lowest BCUT2D eigenvalue weighted by molar-refractivity contribution is 0.106. The van der Waals surface area contributed by atoms with Gasteiger partial charge >= 0.3 is 0 Å². The van der Waals surface area contributed by atoms with Gasteiger partial charge in [-0.25, -0.2) is 0 Å². The highest BCUT2D eigenvalue weighted by molar-refractivity contribution is 5.10. The number of aliphatic hydroxyl groups excluding tert-OH is 1. The Morgan fingerprint density at radius 1 is 1.33 bits per heavy atom. The minimum absolute atomic E-state index is 0.0282. The van der Waals surface area contributed by atoms with Crippen LogP contribution in [0.1, 0.15) is 38.2 Å². The van der Waals surface area contributed by atoms with E-state index in [1.54, 1.807) is 0 Å². The molecule has 1 aromatic rings. The van der Waals surface area contributed by atoms with Crippen LogP contribution in [-0.2, 0) is 6.42 Å². The van der Waals surface area contributed by atoms with Crippen molar-refractivity contribution in [2.75, 3.05) is 13.2 Å². The van der Waals surface area contributed by atoms with Crippen molar-refractivity contribution in [1.29, 1.82) is 0 Å². The number of hydrogen-bond donors (Lipinski definition) is 2. The van der Waals surface area contributed by atoms with Crippen LogP contribution < -0.4 is 5.32 Å². The lowest BCUT2D eigenvalue weighted by Gasteiger charge is -2.39. The maximum absolute atomic E-state index is 9.65. The van der Waals surface area contributed by atoms with Gasteiger partial charge in [0, 0.05) is 17.9 Å². The zero-order valence-corrected chi connectivity index (χ0v) is 11.2. The van der Waals surface area contributed by atoms with Crippen LogP contribution in [0.15, 0.2) is 24.5 Å². The molecule has 100 valence electrons. The molecule has 1 aliphatic rings. The van der Waals surface area contributed by atoms with Crippen molar-refractivity contribution < 1.29 is 5.11 Å². The maximum Gasteiger partial charge on any atom is 0.0613 e. The summed E-state index contributed by atoms with van der Waals surface area (Å²) in [5.41, 5.74) is 1.27. The second-order valence-corrected chi connectivity index (χ2v) is 5.65. The fourth-order valence-corrected chi connectivity index (χ4v) is 2.73. The van der Waals surface area contributed by atoms with Crippen LogP contribution in [0.25, 0.3) is 0 Å². The molecule has 0 amide bonds. The van der Waals surface area contributed by atoms with Gasteiger partial charge in [0.1, 0.15) is 0 Å². The molecular weight excluding hydrogens is 224 g/mol. The Bertz CT molecular complexity index is 345. The lowest BCUT2D eigenvalue weighted by Crippen LogP contribution is -2.51. The van der Waals surface area contributed by atoms with E-state index in [-0.39, 0.29) is 12.1 Å². The highest BCUT2D eigenvalue weighted by atomic mass is 16.3. The predicted octanol–water partition coefficient (Wildman–Crippen LogP) is 2.15. The summed E-state index contributed by atoms with van der Waals surface area (Å²) in [6.07, 6.45) is 9.31. The van der Waals surface area contributed by atoms with E-state index in [1.807, 2.05) is 12.4 Å². The molecule has 1 heterocycles. The average molecular weight is 248 g/mol. The van der Waals surface area contributed by atoms with Crippen molar-refractivity contribution in [3.8, 4) is 0 Å². The first kappa shape index (κ1) is 13.5. The van der Waals surface area contributed by atoms with E-state index in [4.69, 9.17) is 0 Å². The number of nitrogens with zero attached hydrogens (tertiary/aromatic N) is 1. The summed E-state index contributed by atoms with van der Waals surface area (Å²) in [5, 5.41) is 13.2. The number of nitrogens with one attached hydrogen (secondary N) is 1. The van der Waals surface area contributed by atoms with Crippen LogP contribution in [0.2, 0.25) is 0 Å². The van der Waals surface area contributed by atoms with Gasteiger partial charge < -0.3 is 10.4 Å². The molecule has 0 atom stereocenters. The van der Waals surface area contributed by atoms with Crippen molar-refractivity contribution in [2.24, 2.45) is 5.92 Å². The van der Waals surface area contributed by atoms with Crippen LogP contribution in [-0.4, -0.2) is 28.8 Å². The summed E-state index contributed by atoms with van der Waals surface area (Å²) in [6.45, 7) is 3.49. The molecule has 2 N–H and O–H groups in total. The molecule has 0 saturated heterocycles. The highest BCUT2D eigenvalue weighted by Gasteiger charge is 2.32. The summed E-state index contributed by atoms with van der Waals surface area (Å²) in [4.78, 5) is 4.02. The molecule has 0 aromatic carbocycles. The van der Waals surface area contributed by atoms with Crippen molar-refractivity contribution in [3.05, 3.63) is 30.1 Å².